The SMILES string of the molecule is CC[C@H](C)[C@H]1O[C@]2(CC[C@@H]1C)C[C@@H]1C[C@@H](CC=C(C)[C@@H](O[C@H]3C[C@H](OC)[C@@H](O[C@H]4C[C@H](OC)[C@@H](O)[C@H](C)O4)[C@H](C)O3)[C@@H](C)/C=C/C=C3\CO[C@@H]4[C@H](O)C(C)CC(C(=O)O1)[C@]34O)O2. The molecule has 5 saturated heterocycles. The average Bonchev–Trinajstić information content (AvgIpc) is 3.58. The summed E-state index contributed by atoms with van der Waals surface area (Å²) >= 11 is 0. The van der Waals surface area contributed by atoms with Gasteiger partial charge in [-0.1, -0.05) is 65.3 Å². The molecule has 7 rings (SSSR count). The summed E-state index contributed by atoms with van der Waals surface area (Å²) in [6.45, 7) is 16.5. The van der Waals surface area contributed by atoms with Crippen molar-refractivity contribution in [2.75, 3.05) is 20.8 Å². The van der Waals surface area contributed by atoms with Gasteiger partial charge in [-0.15, -0.1) is 0 Å². The molecule has 0 amide bonds. The normalized spacial score (nSPS) is 49.9. The number of methoxy groups -OCH3 is 2. The Morgan fingerprint density at radius 1 is 0.887 bits per heavy atom. The first kappa shape index (κ1) is 48.2. The number of esters is 1. The van der Waals surface area contributed by atoms with E-state index >= 15 is 0 Å². The lowest BCUT2D eigenvalue weighted by molar-refractivity contribution is -0.341. The standard InChI is InChI=1S/C48H76O14/c1-11-25(2)43-28(5)17-18-47(62-43)23-34-20-33(61-47)16-15-27(4)42(26(3)13-12-14-32-24-55-45-40(49)29(6)19-35(46(51)58-34)48(32,45)52)59-39-22-37(54-10)44(31(8)57-39)60-38-21-36(53-9)41(50)30(7)56-38/h12-15,25-26,28-31,33-45,49-50,52H,11,16-24H2,1-10H3/b13-12+,27-15?,32-14+/t25-,26-,28-,29?,30-,31-,33+,34-,35?,36-,37-,38-,39-,40+,41-,42-,43+,44-,45+,47+,48+/m0/s1. The van der Waals surface area contributed by atoms with Crippen LogP contribution in [0.2, 0.25) is 0 Å². The van der Waals surface area contributed by atoms with Crippen LogP contribution in [0.3, 0.4) is 0 Å². The number of rotatable bonds is 8. The Labute approximate surface area is 368 Å². The van der Waals surface area contributed by atoms with Crippen LogP contribution in [0, 0.1) is 29.6 Å². The van der Waals surface area contributed by atoms with Crippen LogP contribution in [-0.2, 0) is 52.2 Å². The maximum Gasteiger partial charge on any atom is 0.312 e. The highest BCUT2D eigenvalue weighted by Crippen LogP contribution is 2.50. The predicted octanol–water partition coefficient (Wildman–Crippen LogP) is 5.68. The molecule has 14 nitrogen and oxygen atoms in total. The molecule has 6 heterocycles. The molecule has 1 saturated carbocycles. The van der Waals surface area contributed by atoms with E-state index in [1.54, 1.807) is 21.1 Å². The van der Waals surface area contributed by atoms with Gasteiger partial charge < -0.3 is 62.7 Å². The zero-order valence-corrected chi connectivity index (χ0v) is 38.7. The Morgan fingerprint density at radius 3 is 2.32 bits per heavy atom. The average molecular weight is 877 g/mol. The molecular weight excluding hydrogens is 801 g/mol. The van der Waals surface area contributed by atoms with Crippen molar-refractivity contribution in [2.24, 2.45) is 29.6 Å². The fourth-order valence-electron chi connectivity index (χ4n) is 11.3. The molecule has 0 aromatic rings. The predicted molar refractivity (Wildman–Crippen MR) is 227 cm³/mol. The quantitative estimate of drug-likeness (QED) is 0.201. The van der Waals surface area contributed by atoms with Crippen LogP contribution in [0.1, 0.15) is 113 Å². The van der Waals surface area contributed by atoms with Gasteiger partial charge in [0.25, 0.3) is 0 Å². The summed E-state index contributed by atoms with van der Waals surface area (Å²) in [6.07, 6.45) is 5.62. The molecule has 14 heteroatoms. The van der Waals surface area contributed by atoms with Crippen LogP contribution in [0.4, 0.5) is 0 Å². The molecule has 2 bridgehead atoms. The second kappa shape index (κ2) is 20.0. The van der Waals surface area contributed by atoms with Gasteiger partial charge in [-0.2, -0.15) is 0 Å². The minimum absolute atomic E-state index is 0.00243. The van der Waals surface area contributed by atoms with E-state index in [0.29, 0.717) is 55.9 Å². The third-order valence-electron chi connectivity index (χ3n) is 15.3. The first-order chi connectivity index (χ1) is 29.5. The lowest BCUT2D eigenvalue weighted by Gasteiger charge is -2.51. The third-order valence-corrected chi connectivity index (χ3v) is 15.3. The van der Waals surface area contributed by atoms with Gasteiger partial charge in [0.15, 0.2) is 18.4 Å². The number of carbonyl (C=O) groups is 1. The van der Waals surface area contributed by atoms with E-state index in [1.165, 1.54) is 0 Å². The summed E-state index contributed by atoms with van der Waals surface area (Å²) < 4.78 is 64.1. The van der Waals surface area contributed by atoms with Crippen molar-refractivity contribution >= 4 is 5.97 Å². The molecule has 6 fully saturated rings. The summed E-state index contributed by atoms with van der Waals surface area (Å²) in [6, 6.07) is 0. The number of hydrogen-bond donors (Lipinski definition) is 3. The Balaban J connectivity index is 1.17. The summed E-state index contributed by atoms with van der Waals surface area (Å²) in [5.74, 6) is -2.11. The van der Waals surface area contributed by atoms with Crippen LogP contribution in [-0.4, -0.2) is 139 Å². The molecule has 0 aromatic heterocycles. The van der Waals surface area contributed by atoms with Gasteiger partial charge in [-0.05, 0) is 68.9 Å². The Hall–Kier alpha value is -1.79. The molecule has 7 aliphatic rings. The van der Waals surface area contributed by atoms with Crippen LogP contribution in [0.15, 0.2) is 35.5 Å². The maximum atomic E-state index is 14.4. The molecule has 1 aliphatic carbocycles. The monoisotopic (exact) mass is 877 g/mol. The first-order valence-electron chi connectivity index (χ1n) is 23.5. The van der Waals surface area contributed by atoms with Crippen LogP contribution in [0.5, 0.6) is 0 Å². The molecule has 352 valence electrons. The molecule has 3 N–H and O–H groups in total. The van der Waals surface area contributed by atoms with Gasteiger partial charge in [0.1, 0.15) is 30.0 Å². The summed E-state index contributed by atoms with van der Waals surface area (Å²) in [7, 11) is 3.23. The van der Waals surface area contributed by atoms with E-state index in [9.17, 15) is 20.1 Å². The van der Waals surface area contributed by atoms with E-state index in [-0.39, 0.29) is 43.2 Å². The number of fused-ring (bicyclic) bond motifs is 2. The van der Waals surface area contributed by atoms with Crippen molar-refractivity contribution < 1.29 is 67.5 Å². The Bertz CT molecular complexity index is 1610. The van der Waals surface area contributed by atoms with E-state index < -0.39 is 90.8 Å². The Morgan fingerprint density at radius 2 is 1.60 bits per heavy atom. The number of hydrogen-bond acceptors (Lipinski definition) is 14. The smallest absolute Gasteiger partial charge is 0.312 e. The number of ether oxygens (including phenoxy) is 10. The second-order valence-corrected chi connectivity index (χ2v) is 19.8. The number of allylic oxidation sites excluding steroid dienone is 2. The van der Waals surface area contributed by atoms with Gasteiger partial charge in [0.2, 0.25) is 0 Å². The van der Waals surface area contributed by atoms with Crippen molar-refractivity contribution in [3.8, 4) is 0 Å². The molecule has 0 radical (unpaired) electrons. The topological polar surface area (TPSA) is 170 Å². The number of aliphatic hydroxyl groups is 3. The van der Waals surface area contributed by atoms with E-state index in [2.05, 4.69) is 40.7 Å². The van der Waals surface area contributed by atoms with E-state index in [0.717, 1.165) is 18.4 Å². The fourth-order valence-corrected chi connectivity index (χ4v) is 11.3. The van der Waals surface area contributed by atoms with Gasteiger partial charge >= 0.3 is 5.97 Å². The summed E-state index contributed by atoms with van der Waals surface area (Å²) in [5, 5.41) is 34.4. The highest BCUT2D eigenvalue weighted by atomic mass is 16.7. The zero-order chi connectivity index (χ0) is 44.7. The minimum atomic E-state index is -1.75. The van der Waals surface area contributed by atoms with Crippen molar-refractivity contribution in [1.29, 1.82) is 0 Å². The molecule has 0 aromatic carbocycles. The molecule has 62 heavy (non-hydrogen) atoms. The molecule has 2 unspecified atom stereocenters. The molecule has 1 spiro atoms. The van der Waals surface area contributed by atoms with Crippen molar-refractivity contribution in [3.63, 3.8) is 0 Å². The number of carbonyl (C=O) groups excluding carboxylic acids is 1. The maximum absolute atomic E-state index is 14.4. The molecule has 6 aliphatic heterocycles. The summed E-state index contributed by atoms with van der Waals surface area (Å²) in [5.41, 5.74) is -0.233. The number of aliphatic hydroxyl groups excluding tert-OH is 2. The lowest BCUT2D eigenvalue weighted by Crippen LogP contribution is -2.61. The fraction of sp³-hybridized carbons (Fsp3) is 0.854. The van der Waals surface area contributed by atoms with Gasteiger partial charge in [0, 0.05) is 52.2 Å². The van der Waals surface area contributed by atoms with E-state index in [4.69, 9.17) is 47.4 Å². The second-order valence-electron chi connectivity index (χ2n) is 19.8. The van der Waals surface area contributed by atoms with Crippen LogP contribution >= 0.6 is 0 Å². The van der Waals surface area contributed by atoms with Crippen molar-refractivity contribution in [2.45, 2.75) is 210 Å². The van der Waals surface area contributed by atoms with Crippen molar-refractivity contribution in [1.82, 2.24) is 0 Å². The van der Waals surface area contributed by atoms with Crippen LogP contribution < -0.4 is 0 Å². The van der Waals surface area contributed by atoms with Gasteiger partial charge in [0.05, 0.1) is 61.4 Å². The zero-order valence-electron chi connectivity index (χ0n) is 38.7. The lowest BCUT2D eigenvalue weighted by atomic mass is 9.66. The van der Waals surface area contributed by atoms with Crippen LogP contribution in [0.25, 0.3) is 0 Å². The minimum Gasteiger partial charge on any atom is -0.462 e. The van der Waals surface area contributed by atoms with Gasteiger partial charge in [-0.3, -0.25) is 4.79 Å². The van der Waals surface area contributed by atoms with Crippen molar-refractivity contribution in [3.05, 3.63) is 35.5 Å². The molecular formula is C48H76O14. The highest BCUT2D eigenvalue weighted by molar-refractivity contribution is 5.76. The van der Waals surface area contributed by atoms with Gasteiger partial charge in [-0.25, -0.2) is 0 Å². The van der Waals surface area contributed by atoms with E-state index in [1.807, 2.05) is 32.1 Å². The Kier molecular flexibility index (Phi) is 15.5. The first-order valence-corrected chi connectivity index (χ1v) is 23.5. The highest BCUT2D eigenvalue weighted by Gasteiger charge is 2.62. The third kappa shape index (κ3) is 9.83. The summed E-state index contributed by atoms with van der Waals surface area (Å²) in [4.78, 5) is 14.4. The molecule has 21 atom stereocenters. The largest absolute Gasteiger partial charge is 0.462 e.